The van der Waals surface area contributed by atoms with E-state index in [0.29, 0.717) is 30.1 Å². The van der Waals surface area contributed by atoms with E-state index < -0.39 is 0 Å². The van der Waals surface area contributed by atoms with E-state index in [1.165, 1.54) is 76.2 Å². The average molecular weight is 540 g/mol. The molecular formula is C35H57NO3. The molecule has 4 nitrogen and oxygen atoms in total. The lowest BCUT2D eigenvalue weighted by atomic mass is 9.51. The van der Waals surface area contributed by atoms with Crippen molar-refractivity contribution in [3.05, 3.63) is 29.3 Å². The number of unbranched alkanes of at least 4 members (excludes halogenated alkanes) is 8. The average Bonchev–Trinajstić information content (AvgIpc) is 3.25. The summed E-state index contributed by atoms with van der Waals surface area (Å²) in [7, 11) is 3.72. The van der Waals surface area contributed by atoms with Gasteiger partial charge in [-0.3, -0.25) is 4.79 Å². The zero-order valence-corrected chi connectivity index (χ0v) is 25.6. The van der Waals surface area contributed by atoms with Crippen molar-refractivity contribution >= 4 is 5.91 Å². The van der Waals surface area contributed by atoms with Crippen molar-refractivity contribution in [1.82, 2.24) is 4.90 Å². The Balaban J connectivity index is 1.21. The Bertz CT molecular complexity index is 915. The molecule has 220 valence electrons. The highest BCUT2D eigenvalue weighted by Crippen LogP contribution is 2.63. The summed E-state index contributed by atoms with van der Waals surface area (Å²) in [5, 5.41) is 11.0. The Hall–Kier alpha value is -1.55. The highest BCUT2D eigenvalue weighted by molar-refractivity contribution is 5.75. The summed E-state index contributed by atoms with van der Waals surface area (Å²) in [5.41, 5.74) is 3.22. The van der Waals surface area contributed by atoms with Crippen molar-refractivity contribution in [3.8, 4) is 5.75 Å². The third kappa shape index (κ3) is 7.21. The fourth-order valence-corrected chi connectivity index (χ4v) is 8.70. The number of aliphatic hydroxyl groups excluding tert-OH is 1. The predicted octanol–water partition coefficient (Wildman–Crippen LogP) is 8.30. The van der Waals surface area contributed by atoms with Crippen molar-refractivity contribution in [2.24, 2.45) is 23.2 Å². The van der Waals surface area contributed by atoms with Crippen LogP contribution in [0.15, 0.2) is 18.2 Å². The monoisotopic (exact) mass is 539 g/mol. The third-order valence-corrected chi connectivity index (χ3v) is 11.0. The molecular weight excluding hydrogens is 482 g/mol. The van der Waals surface area contributed by atoms with E-state index in [1.807, 2.05) is 11.9 Å². The highest BCUT2D eigenvalue weighted by Gasteiger charge is 2.57. The van der Waals surface area contributed by atoms with Gasteiger partial charge in [0.2, 0.25) is 5.91 Å². The lowest BCUT2D eigenvalue weighted by Gasteiger charge is -2.54. The second-order valence-electron chi connectivity index (χ2n) is 13.5. The summed E-state index contributed by atoms with van der Waals surface area (Å²) >= 11 is 0. The van der Waals surface area contributed by atoms with Crippen LogP contribution in [-0.4, -0.2) is 42.7 Å². The van der Waals surface area contributed by atoms with Crippen LogP contribution in [0, 0.1) is 23.2 Å². The molecule has 2 fully saturated rings. The zero-order valence-electron chi connectivity index (χ0n) is 25.6. The van der Waals surface area contributed by atoms with Gasteiger partial charge in [-0.2, -0.15) is 0 Å². The number of carbonyl (C=O) groups excluding carboxylic acids is 1. The number of benzene rings is 1. The van der Waals surface area contributed by atoms with Crippen LogP contribution in [-0.2, 0) is 11.2 Å². The van der Waals surface area contributed by atoms with E-state index >= 15 is 0 Å². The number of hydrogen-bond donors (Lipinski definition) is 1. The normalized spacial score (nSPS) is 29.4. The van der Waals surface area contributed by atoms with E-state index in [4.69, 9.17) is 4.74 Å². The maximum atomic E-state index is 12.2. The molecule has 3 aliphatic carbocycles. The molecule has 4 heteroatoms. The van der Waals surface area contributed by atoms with Crippen molar-refractivity contribution in [2.45, 2.75) is 135 Å². The number of nitrogens with zero attached hydrogens (tertiary/aromatic N) is 1. The van der Waals surface area contributed by atoms with Crippen molar-refractivity contribution in [2.75, 3.05) is 20.7 Å². The van der Waals surface area contributed by atoms with Crippen LogP contribution in [0.1, 0.15) is 134 Å². The number of rotatable bonds is 15. The van der Waals surface area contributed by atoms with Crippen LogP contribution in [0.5, 0.6) is 5.75 Å². The molecule has 0 aliphatic heterocycles. The molecule has 3 aliphatic rings. The lowest BCUT2D eigenvalue weighted by molar-refractivity contribution is -0.130. The molecule has 0 heterocycles. The molecule has 0 bridgehead atoms. The molecule has 2 saturated carbocycles. The Kier molecular flexibility index (Phi) is 11.2. The Morgan fingerprint density at radius 2 is 1.74 bits per heavy atom. The number of hydrogen-bond acceptors (Lipinski definition) is 3. The van der Waals surface area contributed by atoms with Gasteiger partial charge in [0.25, 0.3) is 0 Å². The van der Waals surface area contributed by atoms with Gasteiger partial charge in [-0.1, -0.05) is 71.3 Å². The van der Waals surface area contributed by atoms with Gasteiger partial charge in [-0.15, -0.1) is 0 Å². The predicted molar refractivity (Wildman–Crippen MR) is 161 cm³/mol. The molecule has 1 amide bonds. The minimum atomic E-state index is -0.116. The van der Waals surface area contributed by atoms with Gasteiger partial charge in [0.1, 0.15) is 5.75 Å². The second-order valence-corrected chi connectivity index (χ2v) is 13.5. The van der Waals surface area contributed by atoms with Gasteiger partial charge < -0.3 is 14.7 Å². The molecule has 0 radical (unpaired) electrons. The quantitative estimate of drug-likeness (QED) is 0.228. The maximum Gasteiger partial charge on any atom is 0.222 e. The number of carbonyl (C=O) groups is 1. The summed E-state index contributed by atoms with van der Waals surface area (Å²) in [5.74, 6) is 4.06. The molecule has 4 rings (SSSR count). The van der Waals surface area contributed by atoms with Crippen molar-refractivity contribution in [3.63, 3.8) is 0 Å². The Morgan fingerprint density at radius 3 is 2.46 bits per heavy atom. The highest BCUT2D eigenvalue weighted by atomic mass is 16.5. The summed E-state index contributed by atoms with van der Waals surface area (Å²) in [4.78, 5) is 14.1. The molecule has 1 aromatic rings. The van der Waals surface area contributed by atoms with E-state index in [9.17, 15) is 9.90 Å². The molecule has 1 N–H and O–H groups in total. The Morgan fingerprint density at radius 1 is 1.03 bits per heavy atom. The van der Waals surface area contributed by atoms with Crippen LogP contribution in [0.25, 0.3) is 0 Å². The summed E-state index contributed by atoms with van der Waals surface area (Å²) in [6.45, 7) is 5.49. The molecule has 39 heavy (non-hydrogen) atoms. The standard InChI is InChI=1S/C35H57NO3/c1-5-6-23-36(3)33(38)16-14-12-10-8-7-9-11-13-15-27-25-35(2)31(21-22-32(35)37)30-19-17-26-24-28(39-4)18-20-29(26)34(27)30/h18,20,24,27,30-32,34,37H,5-17,19,21-23,25H2,1-4H3/t27-,30-,31-,32-,34+,35-/m0/s1. The minimum Gasteiger partial charge on any atom is -0.497 e. The van der Waals surface area contributed by atoms with E-state index in [2.05, 4.69) is 32.0 Å². The first-order chi connectivity index (χ1) is 18.9. The Labute approximate surface area is 239 Å². The molecule has 1 aromatic carbocycles. The number of aliphatic hydroxyl groups is 1. The number of methoxy groups -OCH3 is 1. The lowest BCUT2D eigenvalue weighted by Crippen LogP contribution is -2.47. The number of ether oxygens (including phenoxy) is 1. The first kappa shape index (κ1) is 30.4. The first-order valence-electron chi connectivity index (χ1n) is 16.5. The largest absolute Gasteiger partial charge is 0.497 e. The number of fused-ring (bicyclic) bond motifs is 5. The van der Waals surface area contributed by atoms with Gasteiger partial charge in [-0.05, 0) is 104 Å². The van der Waals surface area contributed by atoms with Crippen LogP contribution in [0.2, 0.25) is 0 Å². The summed E-state index contributed by atoms with van der Waals surface area (Å²) in [6, 6.07) is 6.85. The fraction of sp³-hybridized carbons (Fsp3) is 0.800. The van der Waals surface area contributed by atoms with Crippen molar-refractivity contribution < 1.29 is 14.6 Å². The van der Waals surface area contributed by atoms with Gasteiger partial charge in [0.05, 0.1) is 13.2 Å². The van der Waals surface area contributed by atoms with Crippen LogP contribution < -0.4 is 4.74 Å². The van der Waals surface area contributed by atoms with E-state index in [0.717, 1.165) is 50.3 Å². The smallest absolute Gasteiger partial charge is 0.222 e. The molecule has 0 spiro atoms. The maximum absolute atomic E-state index is 12.2. The molecule has 6 atom stereocenters. The first-order valence-corrected chi connectivity index (χ1v) is 16.5. The molecule has 0 saturated heterocycles. The minimum absolute atomic E-state index is 0.113. The van der Waals surface area contributed by atoms with E-state index in [-0.39, 0.29) is 11.5 Å². The van der Waals surface area contributed by atoms with Crippen LogP contribution in [0.3, 0.4) is 0 Å². The van der Waals surface area contributed by atoms with Gasteiger partial charge in [-0.25, -0.2) is 0 Å². The second kappa shape index (κ2) is 14.4. The number of aryl methyl sites for hydroxylation is 1. The SMILES string of the molecule is CCCCN(C)C(=O)CCCCCCCCCC[C@H]1C[C@]2(C)[C@@H](O)CC[C@H]2[C@@H]2CCc3cc(OC)ccc3[C@@H]12. The summed E-state index contributed by atoms with van der Waals surface area (Å²) < 4.78 is 5.56. The zero-order chi connectivity index (χ0) is 27.8. The van der Waals surface area contributed by atoms with Gasteiger partial charge in [0.15, 0.2) is 0 Å². The molecule has 0 unspecified atom stereocenters. The van der Waals surface area contributed by atoms with Gasteiger partial charge in [0, 0.05) is 20.0 Å². The van der Waals surface area contributed by atoms with Crippen molar-refractivity contribution in [1.29, 1.82) is 0 Å². The topological polar surface area (TPSA) is 49.8 Å². The fourth-order valence-electron chi connectivity index (χ4n) is 8.70. The molecule has 0 aromatic heterocycles. The van der Waals surface area contributed by atoms with Crippen LogP contribution in [0.4, 0.5) is 0 Å². The summed E-state index contributed by atoms with van der Waals surface area (Å²) in [6.07, 6.45) is 20.1. The van der Waals surface area contributed by atoms with Gasteiger partial charge >= 0.3 is 0 Å². The third-order valence-electron chi connectivity index (χ3n) is 11.0. The van der Waals surface area contributed by atoms with E-state index in [1.54, 1.807) is 12.7 Å². The van der Waals surface area contributed by atoms with Crippen LogP contribution >= 0.6 is 0 Å². The number of amides is 1.